The third kappa shape index (κ3) is 55.5. The number of carbonyl (C=O) groups is 1. The van der Waals surface area contributed by atoms with E-state index in [9.17, 15) is 14.3 Å². The second-order valence-electron chi connectivity index (χ2n) is 20.6. The molecule has 396 valence electrons. The Morgan fingerprint density at radius 2 is 0.821 bits per heavy atom. The third-order valence-corrected chi connectivity index (χ3v) is 13.6. The Morgan fingerprint density at radius 3 is 1.22 bits per heavy atom. The van der Waals surface area contributed by atoms with Crippen LogP contribution in [0, 0.1) is 0 Å². The summed E-state index contributed by atoms with van der Waals surface area (Å²) >= 11 is 0. The Labute approximate surface area is 416 Å². The van der Waals surface area contributed by atoms with Crippen molar-refractivity contribution < 1.29 is 37.3 Å². The van der Waals surface area contributed by atoms with Crippen molar-refractivity contribution in [3.05, 3.63) is 36.5 Å². The first-order valence-corrected chi connectivity index (χ1v) is 30.2. The summed E-state index contributed by atoms with van der Waals surface area (Å²) in [5, 5.41) is 0. The van der Waals surface area contributed by atoms with Crippen molar-refractivity contribution in [2.45, 2.75) is 277 Å². The molecule has 0 N–H and O–H groups in total. The van der Waals surface area contributed by atoms with E-state index in [0.29, 0.717) is 24.1 Å². The van der Waals surface area contributed by atoms with E-state index in [0.717, 1.165) is 38.5 Å². The van der Waals surface area contributed by atoms with Gasteiger partial charge >= 0.3 is 5.97 Å². The highest BCUT2D eigenvalue weighted by atomic mass is 31.2. The molecule has 0 aliphatic carbocycles. The zero-order chi connectivity index (χ0) is 49.0. The van der Waals surface area contributed by atoms with E-state index in [1.165, 1.54) is 212 Å². The minimum absolute atomic E-state index is 0.0268. The zero-order valence-electron chi connectivity index (χ0n) is 45.1. The number of phosphoric acid groups is 1. The lowest BCUT2D eigenvalue weighted by Crippen LogP contribution is -2.37. The monoisotopic (exact) mass is 966 g/mol. The fourth-order valence-electron chi connectivity index (χ4n) is 8.22. The molecule has 0 fully saturated rings. The van der Waals surface area contributed by atoms with Gasteiger partial charge in [-0.25, -0.2) is 0 Å². The summed E-state index contributed by atoms with van der Waals surface area (Å²) in [6, 6.07) is 0. The van der Waals surface area contributed by atoms with Crippen molar-refractivity contribution in [3.8, 4) is 0 Å². The lowest BCUT2D eigenvalue weighted by atomic mass is 10.0. The topological polar surface area (TPSA) is 94.1 Å². The number of quaternary nitrogens is 1. The number of rotatable bonds is 54. The molecule has 0 bridgehead atoms. The summed E-state index contributed by atoms with van der Waals surface area (Å²) in [6.45, 7) is 5.44. The molecule has 0 aliphatic heterocycles. The molecule has 0 amide bonds. The number of allylic oxidation sites excluding steroid dienone is 6. The van der Waals surface area contributed by atoms with Crippen LogP contribution in [-0.4, -0.2) is 70.7 Å². The van der Waals surface area contributed by atoms with Gasteiger partial charge in [-0.15, -0.1) is 0 Å². The van der Waals surface area contributed by atoms with Crippen LogP contribution in [0.4, 0.5) is 0 Å². The van der Waals surface area contributed by atoms with E-state index in [4.69, 9.17) is 18.5 Å². The molecule has 0 heterocycles. The Hall–Kier alpha value is -1.28. The highest BCUT2D eigenvalue weighted by molar-refractivity contribution is 7.45. The van der Waals surface area contributed by atoms with Gasteiger partial charge in [0.2, 0.25) is 0 Å². The van der Waals surface area contributed by atoms with Gasteiger partial charge in [-0.1, -0.05) is 230 Å². The van der Waals surface area contributed by atoms with E-state index >= 15 is 0 Å². The molecule has 0 aromatic rings. The van der Waals surface area contributed by atoms with Gasteiger partial charge < -0.3 is 27.9 Å². The van der Waals surface area contributed by atoms with Crippen molar-refractivity contribution in [1.82, 2.24) is 0 Å². The molecular weight excluding hydrogens is 854 g/mol. The van der Waals surface area contributed by atoms with E-state index in [1.807, 2.05) is 21.1 Å². The van der Waals surface area contributed by atoms with Crippen molar-refractivity contribution in [1.29, 1.82) is 0 Å². The van der Waals surface area contributed by atoms with E-state index in [1.54, 1.807) is 0 Å². The maximum Gasteiger partial charge on any atom is 0.306 e. The fraction of sp³-hybridized carbons (Fsp3) is 0.879. The predicted molar refractivity (Wildman–Crippen MR) is 287 cm³/mol. The Kier molecular flexibility index (Phi) is 50.1. The normalized spacial score (nSPS) is 13.7. The standard InChI is InChI=1S/C58H112NO7P/c1-6-8-10-12-14-16-18-20-22-24-26-27-28-29-30-31-32-34-36-38-40-42-44-46-48-50-53-63-55-57(56-65-67(61,62)64-54-52-59(3,4)5)66-58(60)51-49-47-45-43-41-39-37-35-33-25-23-21-19-17-15-13-11-9-7-2/h18,20-21,23-24,26,57H,6-17,19,22,25,27-56H2,1-5H3/b20-18-,23-21-,26-24-. The lowest BCUT2D eigenvalue weighted by molar-refractivity contribution is -0.870. The van der Waals surface area contributed by atoms with Gasteiger partial charge in [0.15, 0.2) is 0 Å². The van der Waals surface area contributed by atoms with Crippen molar-refractivity contribution >= 4 is 13.8 Å². The molecule has 0 spiro atoms. The van der Waals surface area contributed by atoms with Crippen molar-refractivity contribution in [2.75, 3.05) is 54.1 Å². The summed E-state index contributed by atoms with van der Waals surface area (Å²) in [7, 11) is 1.37. The molecule has 0 aliphatic rings. The SMILES string of the molecule is CCCCCCC/C=C\C/C=C\CCCCCCCCCCCCCCCCOCC(COP(=O)([O-])OCC[N+](C)(C)C)OC(=O)CCCCCCCCCCC/C=C\CCCCCCCC. The van der Waals surface area contributed by atoms with Crippen LogP contribution in [0.3, 0.4) is 0 Å². The second kappa shape index (κ2) is 51.1. The van der Waals surface area contributed by atoms with Crippen LogP contribution in [-0.2, 0) is 27.9 Å². The molecule has 8 nitrogen and oxygen atoms in total. The average Bonchev–Trinajstić information content (AvgIpc) is 3.29. The van der Waals surface area contributed by atoms with Gasteiger partial charge in [0, 0.05) is 13.0 Å². The van der Waals surface area contributed by atoms with Crippen molar-refractivity contribution in [3.63, 3.8) is 0 Å². The number of hydrogen-bond acceptors (Lipinski definition) is 7. The summed E-state index contributed by atoms with van der Waals surface area (Å²) in [5.41, 5.74) is 0. The van der Waals surface area contributed by atoms with Crippen LogP contribution in [0.1, 0.15) is 271 Å². The van der Waals surface area contributed by atoms with Gasteiger partial charge in [-0.05, 0) is 70.6 Å². The maximum absolute atomic E-state index is 12.8. The number of likely N-dealkylation sites (N-methyl/N-ethyl adjacent to an activating group) is 1. The molecule has 2 unspecified atom stereocenters. The van der Waals surface area contributed by atoms with E-state index in [2.05, 4.69) is 50.3 Å². The van der Waals surface area contributed by atoms with Gasteiger partial charge in [0.05, 0.1) is 34.4 Å². The van der Waals surface area contributed by atoms with Gasteiger partial charge in [-0.2, -0.15) is 0 Å². The molecule has 9 heteroatoms. The average molecular weight is 967 g/mol. The second-order valence-corrected chi connectivity index (χ2v) is 22.1. The van der Waals surface area contributed by atoms with Crippen LogP contribution < -0.4 is 4.89 Å². The van der Waals surface area contributed by atoms with Crippen LogP contribution in [0.2, 0.25) is 0 Å². The number of ether oxygens (including phenoxy) is 2. The first-order chi connectivity index (χ1) is 32.6. The third-order valence-electron chi connectivity index (χ3n) is 12.7. The highest BCUT2D eigenvalue weighted by Crippen LogP contribution is 2.38. The molecule has 2 atom stereocenters. The molecule has 0 aromatic carbocycles. The molecule has 0 aromatic heterocycles. The minimum atomic E-state index is -4.53. The zero-order valence-corrected chi connectivity index (χ0v) is 46.0. The Morgan fingerprint density at radius 1 is 0.463 bits per heavy atom. The Bertz CT molecular complexity index is 1170. The summed E-state index contributed by atoms with van der Waals surface area (Å²) in [6.07, 6.45) is 63.2. The maximum atomic E-state index is 12.8. The minimum Gasteiger partial charge on any atom is -0.756 e. The number of nitrogens with zero attached hydrogens (tertiary/aromatic N) is 1. The van der Waals surface area contributed by atoms with Crippen LogP contribution in [0.15, 0.2) is 36.5 Å². The molecular formula is C58H112NO7P. The quantitative estimate of drug-likeness (QED) is 0.0197. The van der Waals surface area contributed by atoms with Crippen LogP contribution >= 0.6 is 7.82 Å². The van der Waals surface area contributed by atoms with Crippen molar-refractivity contribution in [2.24, 2.45) is 0 Å². The Balaban J connectivity index is 4.04. The van der Waals surface area contributed by atoms with Gasteiger partial charge in [0.1, 0.15) is 19.3 Å². The molecule has 67 heavy (non-hydrogen) atoms. The number of carbonyl (C=O) groups excluding carboxylic acids is 1. The van der Waals surface area contributed by atoms with Gasteiger partial charge in [-0.3, -0.25) is 9.36 Å². The van der Waals surface area contributed by atoms with Crippen LogP contribution in [0.25, 0.3) is 0 Å². The first-order valence-electron chi connectivity index (χ1n) is 28.7. The smallest absolute Gasteiger partial charge is 0.306 e. The molecule has 0 radical (unpaired) electrons. The first kappa shape index (κ1) is 65.7. The fourth-order valence-corrected chi connectivity index (χ4v) is 8.95. The predicted octanol–water partition coefficient (Wildman–Crippen LogP) is 17.4. The number of unbranched alkanes of at least 4 members (excludes halogenated alkanes) is 34. The molecule has 0 saturated carbocycles. The lowest BCUT2D eigenvalue weighted by Gasteiger charge is -2.28. The van der Waals surface area contributed by atoms with E-state index < -0.39 is 13.9 Å². The van der Waals surface area contributed by atoms with Crippen LogP contribution in [0.5, 0.6) is 0 Å². The summed E-state index contributed by atoms with van der Waals surface area (Å²) < 4.78 is 34.8. The number of phosphoric ester groups is 1. The molecule has 0 saturated heterocycles. The summed E-state index contributed by atoms with van der Waals surface area (Å²) in [4.78, 5) is 25.2. The number of esters is 1. The van der Waals surface area contributed by atoms with E-state index in [-0.39, 0.29) is 25.8 Å². The number of hydrogen-bond donors (Lipinski definition) is 0. The summed E-state index contributed by atoms with van der Waals surface area (Å²) in [5.74, 6) is -0.332. The van der Waals surface area contributed by atoms with Gasteiger partial charge in [0.25, 0.3) is 7.82 Å². The molecule has 0 rings (SSSR count). The largest absolute Gasteiger partial charge is 0.756 e. The highest BCUT2D eigenvalue weighted by Gasteiger charge is 2.20.